The van der Waals surface area contributed by atoms with Crippen molar-refractivity contribution in [2.75, 3.05) is 13.1 Å². The number of carbonyl (C=O) groups is 2. The maximum absolute atomic E-state index is 13.6. The molecule has 0 saturated carbocycles. The Labute approximate surface area is 166 Å². The summed E-state index contributed by atoms with van der Waals surface area (Å²) in [6, 6.07) is 5.55. The molecule has 0 bridgehead atoms. The van der Waals surface area contributed by atoms with Crippen LogP contribution in [0.5, 0.6) is 5.75 Å². The van der Waals surface area contributed by atoms with E-state index >= 15 is 0 Å². The highest BCUT2D eigenvalue weighted by atomic mass is 32.2. The molecule has 0 radical (unpaired) electrons. The molecule has 2 aromatic rings. The molecule has 1 aliphatic heterocycles. The van der Waals surface area contributed by atoms with Crippen molar-refractivity contribution in [1.29, 1.82) is 0 Å². The minimum Gasteiger partial charge on any atom is -0.489 e. The van der Waals surface area contributed by atoms with Gasteiger partial charge in [-0.3, -0.25) is 9.78 Å². The zero-order valence-corrected chi connectivity index (χ0v) is 15.9. The summed E-state index contributed by atoms with van der Waals surface area (Å²) in [6.07, 6.45) is 1.94. The summed E-state index contributed by atoms with van der Waals surface area (Å²) in [5.41, 5.74) is 4.50. The fraction of sp³-hybridized carbons (Fsp3) is 0.278. The molecule has 9 nitrogen and oxygen atoms in total. The van der Waals surface area contributed by atoms with Gasteiger partial charge in [-0.2, -0.15) is 4.31 Å². The number of halogens is 1. The van der Waals surface area contributed by atoms with Gasteiger partial charge >= 0.3 is 5.97 Å². The van der Waals surface area contributed by atoms with Crippen LogP contribution < -0.4 is 10.5 Å². The lowest BCUT2D eigenvalue weighted by Gasteiger charge is -2.32. The summed E-state index contributed by atoms with van der Waals surface area (Å²) >= 11 is 0. The van der Waals surface area contributed by atoms with Gasteiger partial charge in [0.2, 0.25) is 10.0 Å². The lowest BCUT2D eigenvalue weighted by Crippen LogP contribution is -2.44. The van der Waals surface area contributed by atoms with Crippen molar-refractivity contribution in [2.45, 2.75) is 23.8 Å². The van der Waals surface area contributed by atoms with Crippen molar-refractivity contribution < 1.29 is 32.2 Å². The minimum absolute atomic E-state index is 0.0103. The Hall–Kier alpha value is -3.05. The highest BCUT2D eigenvalue weighted by molar-refractivity contribution is 7.89. The molecule has 154 valence electrons. The maximum atomic E-state index is 13.6. The van der Waals surface area contributed by atoms with Gasteiger partial charge in [-0.25, -0.2) is 17.6 Å². The smallest absolute Gasteiger partial charge is 0.338 e. The van der Waals surface area contributed by atoms with E-state index in [1.165, 1.54) is 18.3 Å². The van der Waals surface area contributed by atoms with E-state index in [0.29, 0.717) is 18.6 Å². The molecular weight excluding hydrogens is 405 g/mol. The molecule has 3 rings (SSSR count). The van der Waals surface area contributed by atoms with E-state index in [9.17, 15) is 22.4 Å². The number of pyridine rings is 1. The van der Waals surface area contributed by atoms with Crippen LogP contribution in [-0.2, 0) is 10.0 Å². The van der Waals surface area contributed by atoms with Crippen molar-refractivity contribution in [3.63, 3.8) is 0 Å². The number of carbonyl (C=O) groups excluding carboxylic acids is 1. The molecule has 1 aromatic carbocycles. The van der Waals surface area contributed by atoms with Gasteiger partial charge in [0.1, 0.15) is 23.4 Å². The summed E-state index contributed by atoms with van der Waals surface area (Å²) in [5, 5.41) is 9.03. The van der Waals surface area contributed by atoms with Crippen LogP contribution in [0.1, 0.15) is 33.7 Å². The first-order valence-electron chi connectivity index (χ1n) is 8.64. The first-order chi connectivity index (χ1) is 13.7. The Morgan fingerprint density at radius 3 is 2.72 bits per heavy atom. The fourth-order valence-electron chi connectivity index (χ4n) is 3.01. The Kier molecular flexibility index (Phi) is 5.80. The Morgan fingerprint density at radius 2 is 2.03 bits per heavy atom. The highest BCUT2D eigenvalue weighted by Gasteiger charge is 2.32. The third-order valence-corrected chi connectivity index (χ3v) is 6.29. The van der Waals surface area contributed by atoms with Gasteiger partial charge in [-0.05, 0) is 37.1 Å². The van der Waals surface area contributed by atoms with Gasteiger partial charge in [0.15, 0.2) is 0 Å². The lowest BCUT2D eigenvalue weighted by atomic mass is 10.1. The third-order valence-electron chi connectivity index (χ3n) is 4.43. The second-order valence-electron chi connectivity index (χ2n) is 6.43. The third kappa shape index (κ3) is 4.51. The van der Waals surface area contributed by atoms with Gasteiger partial charge in [-0.1, -0.05) is 0 Å². The van der Waals surface area contributed by atoms with E-state index in [-0.39, 0.29) is 23.7 Å². The van der Waals surface area contributed by atoms with E-state index in [0.717, 1.165) is 22.5 Å². The first-order valence-corrected chi connectivity index (χ1v) is 10.1. The fourth-order valence-corrected chi connectivity index (χ4v) is 4.55. The molecular formula is C18H18FN3O6S. The van der Waals surface area contributed by atoms with Crippen LogP contribution in [-0.4, -0.2) is 53.9 Å². The molecule has 2 heterocycles. The number of piperidine rings is 1. The highest BCUT2D eigenvalue weighted by Crippen LogP contribution is 2.25. The normalized spacial score (nSPS) is 17.6. The number of carboxylic acids is 1. The van der Waals surface area contributed by atoms with Crippen LogP contribution in [0.2, 0.25) is 0 Å². The summed E-state index contributed by atoms with van der Waals surface area (Å²) in [6.45, 7) is 0.223. The van der Waals surface area contributed by atoms with E-state index in [4.69, 9.17) is 15.6 Å². The van der Waals surface area contributed by atoms with Crippen LogP contribution in [0.25, 0.3) is 0 Å². The molecule has 29 heavy (non-hydrogen) atoms. The zero-order chi connectivity index (χ0) is 21.2. The molecule has 1 aliphatic rings. The predicted molar refractivity (Wildman–Crippen MR) is 98.5 cm³/mol. The van der Waals surface area contributed by atoms with Crippen LogP contribution in [0.3, 0.4) is 0 Å². The van der Waals surface area contributed by atoms with E-state index in [2.05, 4.69) is 4.98 Å². The molecule has 1 fully saturated rings. The number of carboxylic acid groups (broad SMARTS) is 1. The Balaban J connectivity index is 1.79. The van der Waals surface area contributed by atoms with Crippen molar-refractivity contribution in [2.24, 2.45) is 5.73 Å². The number of aromatic nitrogens is 1. The average Bonchev–Trinajstić information content (AvgIpc) is 2.68. The SMILES string of the molecule is NC(=O)c1cc(OC2CCCN(S(=O)(=O)c3ccc(F)c(C(=O)O)c3)C2)ccn1. The molecule has 3 N–H and O–H groups in total. The lowest BCUT2D eigenvalue weighted by molar-refractivity contribution is 0.0691. The topological polar surface area (TPSA) is 140 Å². The number of sulfonamides is 1. The van der Waals surface area contributed by atoms with Crippen molar-refractivity contribution in [1.82, 2.24) is 9.29 Å². The largest absolute Gasteiger partial charge is 0.489 e. The van der Waals surface area contributed by atoms with Crippen LogP contribution in [0.4, 0.5) is 4.39 Å². The average molecular weight is 423 g/mol. The van der Waals surface area contributed by atoms with Crippen LogP contribution in [0, 0.1) is 5.82 Å². The Bertz CT molecular complexity index is 1060. The van der Waals surface area contributed by atoms with Gasteiger partial charge in [0, 0.05) is 18.8 Å². The van der Waals surface area contributed by atoms with Crippen molar-refractivity contribution in [3.8, 4) is 5.75 Å². The van der Waals surface area contributed by atoms with Gasteiger partial charge in [0.25, 0.3) is 5.91 Å². The maximum Gasteiger partial charge on any atom is 0.338 e. The number of nitrogens with zero attached hydrogens (tertiary/aromatic N) is 2. The number of hydrogen-bond donors (Lipinski definition) is 2. The monoisotopic (exact) mass is 423 g/mol. The number of rotatable bonds is 6. The second kappa shape index (κ2) is 8.13. The molecule has 1 aromatic heterocycles. The van der Waals surface area contributed by atoms with E-state index in [1.807, 2.05) is 0 Å². The molecule has 0 spiro atoms. The summed E-state index contributed by atoms with van der Waals surface area (Å²) < 4.78 is 46.3. The molecule has 1 saturated heterocycles. The number of aromatic carboxylic acids is 1. The predicted octanol–water partition coefficient (Wildman–Crippen LogP) is 1.25. The number of hydrogen-bond acceptors (Lipinski definition) is 6. The van der Waals surface area contributed by atoms with E-state index < -0.39 is 39.4 Å². The second-order valence-corrected chi connectivity index (χ2v) is 8.37. The first kappa shape index (κ1) is 20.7. The molecule has 1 atom stereocenters. The molecule has 1 amide bonds. The molecule has 11 heteroatoms. The summed E-state index contributed by atoms with van der Waals surface area (Å²) in [4.78, 5) is 25.8. The number of benzene rings is 1. The number of amides is 1. The quantitative estimate of drug-likeness (QED) is 0.712. The van der Waals surface area contributed by atoms with Crippen molar-refractivity contribution in [3.05, 3.63) is 53.6 Å². The summed E-state index contributed by atoms with van der Waals surface area (Å²) in [7, 11) is -4.04. The zero-order valence-electron chi connectivity index (χ0n) is 15.1. The molecule has 0 aliphatic carbocycles. The van der Waals surface area contributed by atoms with Gasteiger partial charge in [0.05, 0.1) is 17.0 Å². The van der Waals surface area contributed by atoms with Gasteiger partial charge in [-0.15, -0.1) is 0 Å². The van der Waals surface area contributed by atoms with Crippen molar-refractivity contribution >= 4 is 21.9 Å². The van der Waals surface area contributed by atoms with Crippen LogP contribution >= 0.6 is 0 Å². The number of primary amides is 1. The molecule has 1 unspecified atom stereocenters. The van der Waals surface area contributed by atoms with Crippen LogP contribution in [0.15, 0.2) is 41.4 Å². The van der Waals surface area contributed by atoms with E-state index in [1.54, 1.807) is 0 Å². The standard InChI is InChI=1S/C18H18FN3O6S/c19-15-4-3-13(9-14(15)18(24)25)29(26,27)22-7-1-2-12(10-22)28-11-5-6-21-16(8-11)17(20)23/h3-6,8-9,12H,1-2,7,10H2,(H2,20,23)(H,24,25). The Morgan fingerprint density at radius 1 is 1.28 bits per heavy atom. The number of ether oxygens (including phenoxy) is 1. The summed E-state index contributed by atoms with van der Waals surface area (Å²) in [5.74, 6) is -2.96. The minimum atomic E-state index is -4.04. The number of nitrogens with two attached hydrogens (primary N) is 1. The van der Waals surface area contributed by atoms with Gasteiger partial charge < -0.3 is 15.6 Å².